The first kappa shape index (κ1) is 17.0. The lowest BCUT2D eigenvalue weighted by atomic mass is 10.1. The van der Waals surface area contributed by atoms with Crippen LogP contribution in [0.5, 0.6) is 0 Å². The van der Waals surface area contributed by atoms with Crippen molar-refractivity contribution in [2.75, 3.05) is 6.54 Å². The SMILES string of the molecule is Cc1ccc(CN(C(=O)CN(C2CC2)C(C)C(=O)O)C2CC2)cc1. The highest BCUT2D eigenvalue weighted by Crippen LogP contribution is 2.31. The fraction of sp³-hybridized carbons (Fsp3) is 0.579. The van der Waals surface area contributed by atoms with Gasteiger partial charge in [-0.05, 0) is 45.1 Å². The van der Waals surface area contributed by atoms with Crippen LogP contribution in [0.4, 0.5) is 0 Å². The molecule has 2 fully saturated rings. The van der Waals surface area contributed by atoms with Gasteiger partial charge in [0.15, 0.2) is 0 Å². The smallest absolute Gasteiger partial charge is 0.320 e. The van der Waals surface area contributed by atoms with E-state index in [0.717, 1.165) is 31.2 Å². The Kier molecular flexibility index (Phi) is 4.90. The summed E-state index contributed by atoms with van der Waals surface area (Å²) in [5.74, 6) is -0.802. The van der Waals surface area contributed by atoms with Crippen LogP contribution in [-0.2, 0) is 16.1 Å². The minimum atomic E-state index is -0.855. The predicted molar refractivity (Wildman–Crippen MR) is 91.6 cm³/mol. The normalized spacial score (nSPS) is 18.5. The monoisotopic (exact) mass is 330 g/mol. The number of carboxylic acid groups (broad SMARTS) is 1. The second-order valence-electron chi connectivity index (χ2n) is 7.16. The summed E-state index contributed by atoms with van der Waals surface area (Å²) in [5, 5.41) is 9.30. The highest BCUT2D eigenvalue weighted by molar-refractivity contribution is 5.80. The van der Waals surface area contributed by atoms with E-state index in [9.17, 15) is 14.7 Å². The van der Waals surface area contributed by atoms with E-state index in [-0.39, 0.29) is 18.5 Å². The van der Waals surface area contributed by atoms with E-state index < -0.39 is 12.0 Å². The molecule has 0 bridgehead atoms. The second-order valence-corrected chi connectivity index (χ2v) is 7.16. The molecular formula is C19H26N2O3. The third-order valence-electron chi connectivity index (χ3n) is 4.97. The van der Waals surface area contributed by atoms with E-state index in [2.05, 4.69) is 24.3 Å². The molecule has 5 heteroatoms. The summed E-state index contributed by atoms with van der Waals surface area (Å²) in [5.41, 5.74) is 2.34. The van der Waals surface area contributed by atoms with Gasteiger partial charge in [0.05, 0.1) is 6.54 Å². The number of rotatable bonds is 8. The fourth-order valence-corrected chi connectivity index (χ4v) is 3.07. The molecule has 1 unspecified atom stereocenters. The topological polar surface area (TPSA) is 60.9 Å². The van der Waals surface area contributed by atoms with Crippen LogP contribution in [0.15, 0.2) is 24.3 Å². The van der Waals surface area contributed by atoms with Crippen LogP contribution in [0.3, 0.4) is 0 Å². The minimum absolute atomic E-state index is 0.0538. The number of aryl methyl sites for hydroxylation is 1. The molecule has 2 aliphatic rings. The molecule has 1 aromatic carbocycles. The van der Waals surface area contributed by atoms with Gasteiger partial charge in [0.1, 0.15) is 6.04 Å². The Morgan fingerprint density at radius 2 is 1.71 bits per heavy atom. The average molecular weight is 330 g/mol. The summed E-state index contributed by atoms with van der Waals surface area (Å²) in [7, 11) is 0. The molecule has 0 radical (unpaired) electrons. The van der Waals surface area contributed by atoms with Crippen LogP contribution in [0.1, 0.15) is 43.7 Å². The fourth-order valence-electron chi connectivity index (χ4n) is 3.07. The Bertz CT molecular complexity index is 606. The number of nitrogens with zero attached hydrogens (tertiary/aromatic N) is 2. The molecule has 1 aromatic rings. The molecular weight excluding hydrogens is 304 g/mol. The number of hydrogen-bond donors (Lipinski definition) is 1. The maximum atomic E-state index is 12.9. The number of aliphatic carboxylic acids is 1. The lowest BCUT2D eigenvalue weighted by Crippen LogP contribution is -2.47. The molecule has 1 amide bonds. The van der Waals surface area contributed by atoms with Crippen LogP contribution >= 0.6 is 0 Å². The summed E-state index contributed by atoms with van der Waals surface area (Å²) in [6.07, 6.45) is 4.09. The highest BCUT2D eigenvalue weighted by Gasteiger charge is 2.39. The van der Waals surface area contributed by atoms with Gasteiger partial charge in [-0.1, -0.05) is 29.8 Å². The van der Waals surface area contributed by atoms with Crippen molar-refractivity contribution in [2.24, 2.45) is 0 Å². The first-order valence-electron chi connectivity index (χ1n) is 8.79. The van der Waals surface area contributed by atoms with Gasteiger partial charge >= 0.3 is 5.97 Å². The molecule has 0 aliphatic heterocycles. The Morgan fingerprint density at radius 3 is 2.21 bits per heavy atom. The minimum Gasteiger partial charge on any atom is -0.480 e. The Morgan fingerprint density at radius 1 is 1.12 bits per heavy atom. The Hall–Kier alpha value is -1.88. The lowest BCUT2D eigenvalue weighted by Gasteiger charge is -2.30. The van der Waals surface area contributed by atoms with E-state index >= 15 is 0 Å². The van der Waals surface area contributed by atoms with Gasteiger partial charge in [-0.2, -0.15) is 0 Å². The van der Waals surface area contributed by atoms with Crippen molar-refractivity contribution in [3.05, 3.63) is 35.4 Å². The van der Waals surface area contributed by atoms with Crippen molar-refractivity contribution in [3.63, 3.8) is 0 Å². The second kappa shape index (κ2) is 6.93. The number of amides is 1. The number of carbonyl (C=O) groups excluding carboxylic acids is 1. The first-order chi connectivity index (χ1) is 11.5. The van der Waals surface area contributed by atoms with Gasteiger partial charge in [-0.3, -0.25) is 14.5 Å². The standard InChI is InChI=1S/C19H26N2O3/c1-13-3-5-15(6-4-13)11-21(17-9-10-17)18(22)12-20(16-7-8-16)14(2)19(23)24/h3-6,14,16-17H,7-12H2,1-2H3,(H,23,24). The number of hydrogen-bond acceptors (Lipinski definition) is 3. The Labute approximate surface area is 143 Å². The zero-order valence-corrected chi connectivity index (χ0v) is 14.4. The molecule has 3 rings (SSSR count). The van der Waals surface area contributed by atoms with Crippen molar-refractivity contribution in [3.8, 4) is 0 Å². The lowest BCUT2D eigenvalue weighted by molar-refractivity contribution is -0.144. The third-order valence-corrected chi connectivity index (χ3v) is 4.97. The summed E-state index contributed by atoms with van der Waals surface area (Å²) in [4.78, 5) is 28.0. The number of carbonyl (C=O) groups is 2. The average Bonchev–Trinajstić information content (AvgIpc) is 3.43. The van der Waals surface area contributed by atoms with Gasteiger partial charge in [0.2, 0.25) is 5.91 Å². The van der Waals surface area contributed by atoms with Crippen LogP contribution in [0.25, 0.3) is 0 Å². The summed E-state index contributed by atoms with van der Waals surface area (Å²) >= 11 is 0. The molecule has 2 saturated carbocycles. The van der Waals surface area contributed by atoms with Crippen LogP contribution < -0.4 is 0 Å². The molecule has 0 saturated heterocycles. The maximum absolute atomic E-state index is 12.9. The molecule has 130 valence electrons. The van der Waals surface area contributed by atoms with Crippen LogP contribution in [0, 0.1) is 6.92 Å². The molecule has 0 spiro atoms. The first-order valence-corrected chi connectivity index (χ1v) is 8.79. The Balaban J connectivity index is 1.67. The summed E-state index contributed by atoms with van der Waals surface area (Å²) in [6.45, 7) is 4.55. The molecule has 5 nitrogen and oxygen atoms in total. The van der Waals surface area contributed by atoms with Crippen LogP contribution in [0.2, 0.25) is 0 Å². The molecule has 1 N–H and O–H groups in total. The maximum Gasteiger partial charge on any atom is 0.320 e. The molecule has 24 heavy (non-hydrogen) atoms. The zero-order valence-electron chi connectivity index (χ0n) is 14.4. The summed E-state index contributed by atoms with van der Waals surface area (Å²) < 4.78 is 0. The van der Waals surface area contributed by atoms with Crippen molar-refractivity contribution in [2.45, 2.75) is 64.2 Å². The molecule has 0 aromatic heterocycles. The summed E-state index contributed by atoms with van der Waals surface area (Å²) in [6, 6.07) is 8.22. The van der Waals surface area contributed by atoms with Crippen molar-refractivity contribution in [1.29, 1.82) is 0 Å². The van der Waals surface area contributed by atoms with Gasteiger partial charge in [-0.15, -0.1) is 0 Å². The van der Waals surface area contributed by atoms with Crippen molar-refractivity contribution < 1.29 is 14.7 Å². The zero-order chi connectivity index (χ0) is 17.3. The van der Waals surface area contributed by atoms with E-state index in [0.29, 0.717) is 12.6 Å². The van der Waals surface area contributed by atoms with E-state index in [1.807, 2.05) is 16.7 Å². The van der Waals surface area contributed by atoms with Gasteiger partial charge < -0.3 is 10.0 Å². The number of carboxylic acids is 1. The quantitative estimate of drug-likeness (QED) is 0.795. The van der Waals surface area contributed by atoms with Crippen LogP contribution in [-0.4, -0.2) is 51.5 Å². The van der Waals surface area contributed by atoms with E-state index in [1.54, 1.807) is 6.92 Å². The number of benzene rings is 1. The molecule has 0 heterocycles. The highest BCUT2D eigenvalue weighted by atomic mass is 16.4. The van der Waals surface area contributed by atoms with Crippen molar-refractivity contribution >= 4 is 11.9 Å². The molecule has 2 aliphatic carbocycles. The van der Waals surface area contributed by atoms with Crippen molar-refractivity contribution in [1.82, 2.24) is 9.80 Å². The molecule has 1 atom stereocenters. The third kappa shape index (κ3) is 4.15. The van der Waals surface area contributed by atoms with E-state index in [4.69, 9.17) is 0 Å². The predicted octanol–water partition coefficient (Wildman–Crippen LogP) is 2.42. The largest absolute Gasteiger partial charge is 0.480 e. The van der Waals surface area contributed by atoms with E-state index in [1.165, 1.54) is 5.56 Å². The van der Waals surface area contributed by atoms with Gasteiger partial charge in [-0.25, -0.2) is 0 Å². The van der Waals surface area contributed by atoms with Gasteiger partial charge in [0.25, 0.3) is 0 Å². The van der Waals surface area contributed by atoms with Gasteiger partial charge in [0, 0.05) is 18.6 Å².